The van der Waals surface area contributed by atoms with E-state index >= 15 is 0 Å². The van der Waals surface area contributed by atoms with Gasteiger partial charge in [-0.15, -0.1) is 0 Å². The lowest BCUT2D eigenvalue weighted by atomic mass is 9.73. The van der Waals surface area contributed by atoms with E-state index in [9.17, 15) is 4.79 Å². The molecule has 0 unspecified atom stereocenters. The Hall–Kier alpha value is -0.770. The average molecular weight is 365 g/mol. The number of hydrogen-bond donors (Lipinski definition) is 0. The molecule has 26 heavy (non-hydrogen) atoms. The van der Waals surface area contributed by atoms with Gasteiger partial charge in [-0.05, 0) is 58.3 Å². The van der Waals surface area contributed by atoms with Crippen molar-refractivity contribution in [1.29, 1.82) is 0 Å². The van der Waals surface area contributed by atoms with Crippen LogP contribution in [-0.2, 0) is 4.74 Å². The molecule has 0 spiro atoms. The Labute approximate surface area is 160 Å². The van der Waals surface area contributed by atoms with Crippen LogP contribution in [0.2, 0.25) is 0 Å². The van der Waals surface area contributed by atoms with E-state index in [-0.39, 0.29) is 6.09 Å². The van der Waals surface area contributed by atoms with E-state index in [4.69, 9.17) is 4.74 Å². The molecule has 1 heterocycles. The Kier molecular flexibility index (Phi) is 6.87. The fraction of sp³-hybridized carbons (Fsp3) is 0.955. The number of rotatable bonds is 3. The van der Waals surface area contributed by atoms with E-state index in [1.54, 1.807) is 0 Å². The minimum Gasteiger partial charge on any atom is -0.444 e. The van der Waals surface area contributed by atoms with Gasteiger partial charge in [-0.3, -0.25) is 4.90 Å². The minimum absolute atomic E-state index is 0.135. The molecule has 0 radical (unpaired) electrons. The van der Waals surface area contributed by atoms with Crippen molar-refractivity contribution in [2.75, 3.05) is 26.2 Å². The zero-order valence-corrected chi connectivity index (χ0v) is 17.3. The molecule has 1 saturated heterocycles. The number of piperazine rings is 1. The number of hydrogen-bond acceptors (Lipinski definition) is 3. The Morgan fingerprint density at radius 3 is 1.69 bits per heavy atom. The van der Waals surface area contributed by atoms with Gasteiger partial charge in [-0.25, -0.2) is 4.79 Å². The molecule has 0 bridgehead atoms. The molecule has 1 amide bonds. The summed E-state index contributed by atoms with van der Waals surface area (Å²) < 4.78 is 5.57. The van der Waals surface area contributed by atoms with Crippen LogP contribution in [0.1, 0.15) is 85.0 Å². The van der Waals surface area contributed by atoms with Crippen molar-refractivity contribution in [3.05, 3.63) is 0 Å². The fourth-order valence-corrected chi connectivity index (χ4v) is 5.46. The summed E-state index contributed by atoms with van der Waals surface area (Å²) in [6.45, 7) is 9.54. The van der Waals surface area contributed by atoms with Crippen LogP contribution >= 0.6 is 0 Å². The maximum absolute atomic E-state index is 12.4. The van der Waals surface area contributed by atoms with Crippen molar-refractivity contribution in [2.24, 2.45) is 11.8 Å². The molecule has 150 valence electrons. The van der Waals surface area contributed by atoms with Gasteiger partial charge in [-0.1, -0.05) is 38.5 Å². The number of carbonyl (C=O) groups excluding carboxylic acids is 1. The summed E-state index contributed by atoms with van der Waals surface area (Å²) in [6.07, 6.45) is 14.1. The van der Waals surface area contributed by atoms with E-state index < -0.39 is 5.60 Å². The second-order valence-corrected chi connectivity index (χ2v) is 9.79. The summed E-state index contributed by atoms with van der Waals surface area (Å²) in [4.78, 5) is 17.1. The van der Waals surface area contributed by atoms with Crippen LogP contribution in [0.4, 0.5) is 4.79 Å². The van der Waals surface area contributed by atoms with E-state index in [1.165, 1.54) is 64.2 Å². The summed E-state index contributed by atoms with van der Waals surface area (Å²) in [6, 6.07) is 0.761. The number of nitrogens with zero attached hydrogens (tertiary/aromatic N) is 2. The molecule has 0 N–H and O–H groups in total. The molecule has 4 nitrogen and oxygen atoms in total. The second-order valence-electron chi connectivity index (χ2n) is 9.79. The Morgan fingerprint density at radius 2 is 1.27 bits per heavy atom. The molecule has 3 fully saturated rings. The average Bonchev–Trinajstić information content (AvgIpc) is 2.63. The molecule has 0 atom stereocenters. The van der Waals surface area contributed by atoms with Crippen molar-refractivity contribution >= 4 is 6.09 Å². The number of ether oxygens (including phenoxy) is 1. The van der Waals surface area contributed by atoms with Crippen LogP contribution in [0.5, 0.6) is 0 Å². The second kappa shape index (κ2) is 8.95. The van der Waals surface area contributed by atoms with E-state index in [1.807, 2.05) is 25.7 Å². The normalized spacial score (nSPS) is 24.8. The summed E-state index contributed by atoms with van der Waals surface area (Å²) in [7, 11) is 0. The van der Waals surface area contributed by atoms with E-state index in [0.29, 0.717) is 0 Å². The van der Waals surface area contributed by atoms with Gasteiger partial charge in [-0.2, -0.15) is 0 Å². The maximum Gasteiger partial charge on any atom is 0.410 e. The first-order chi connectivity index (χ1) is 12.4. The van der Waals surface area contributed by atoms with Gasteiger partial charge in [0.1, 0.15) is 5.60 Å². The van der Waals surface area contributed by atoms with Crippen molar-refractivity contribution in [2.45, 2.75) is 96.6 Å². The molecule has 0 aromatic rings. The third-order valence-electron chi connectivity index (χ3n) is 6.65. The Bertz CT molecular complexity index is 422. The van der Waals surface area contributed by atoms with E-state index in [2.05, 4.69) is 4.90 Å². The van der Waals surface area contributed by atoms with Gasteiger partial charge in [0.25, 0.3) is 0 Å². The van der Waals surface area contributed by atoms with Crippen LogP contribution < -0.4 is 0 Å². The minimum atomic E-state index is -0.402. The number of amides is 1. The van der Waals surface area contributed by atoms with Gasteiger partial charge in [0.05, 0.1) is 0 Å². The lowest BCUT2D eigenvalue weighted by Crippen LogP contribution is -2.56. The number of carbonyl (C=O) groups is 1. The summed E-state index contributed by atoms with van der Waals surface area (Å²) in [5, 5.41) is 0. The zero-order valence-electron chi connectivity index (χ0n) is 17.3. The third-order valence-corrected chi connectivity index (χ3v) is 6.65. The summed E-state index contributed by atoms with van der Waals surface area (Å²) >= 11 is 0. The van der Waals surface area contributed by atoms with Crippen LogP contribution in [0.3, 0.4) is 0 Å². The van der Waals surface area contributed by atoms with Crippen LogP contribution in [-0.4, -0.2) is 53.7 Å². The predicted molar refractivity (Wildman–Crippen MR) is 106 cm³/mol. The Balaban J connectivity index is 1.60. The SMILES string of the molecule is CC(C)(C)OC(=O)N1CCN(C(C2CCCCC2)C2CCCCC2)CC1. The van der Waals surface area contributed by atoms with Crippen molar-refractivity contribution in [3.8, 4) is 0 Å². The third kappa shape index (κ3) is 5.37. The maximum atomic E-state index is 12.4. The largest absolute Gasteiger partial charge is 0.444 e. The van der Waals surface area contributed by atoms with Gasteiger partial charge < -0.3 is 9.64 Å². The molecular formula is C22H40N2O2. The molecule has 2 saturated carbocycles. The summed E-state index contributed by atoms with van der Waals surface area (Å²) in [5.41, 5.74) is -0.402. The molecule has 0 aromatic heterocycles. The van der Waals surface area contributed by atoms with Crippen molar-refractivity contribution in [1.82, 2.24) is 9.80 Å². The molecule has 1 aliphatic heterocycles. The van der Waals surface area contributed by atoms with Crippen molar-refractivity contribution < 1.29 is 9.53 Å². The molecular weight excluding hydrogens is 324 g/mol. The lowest BCUT2D eigenvalue weighted by Gasteiger charge is -2.47. The lowest BCUT2D eigenvalue weighted by molar-refractivity contribution is -0.00727. The smallest absolute Gasteiger partial charge is 0.410 e. The molecule has 2 aliphatic carbocycles. The van der Waals surface area contributed by atoms with Gasteiger partial charge in [0.2, 0.25) is 0 Å². The first-order valence-electron chi connectivity index (χ1n) is 11.2. The van der Waals surface area contributed by atoms with Crippen LogP contribution in [0.15, 0.2) is 0 Å². The first kappa shape index (κ1) is 20.0. The topological polar surface area (TPSA) is 32.8 Å². The highest BCUT2D eigenvalue weighted by Gasteiger charge is 2.37. The van der Waals surface area contributed by atoms with Crippen LogP contribution in [0, 0.1) is 11.8 Å². The Morgan fingerprint density at radius 1 is 0.808 bits per heavy atom. The standard InChI is InChI=1S/C22H40N2O2/c1-22(2,3)26-21(25)24-16-14-23(15-17-24)20(18-10-6-4-7-11-18)19-12-8-5-9-13-19/h18-20H,4-17H2,1-3H3. The monoisotopic (exact) mass is 364 g/mol. The molecule has 3 aliphatic rings. The van der Waals surface area contributed by atoms with Crippen molar-refractivity contribution in [3.63, 3.8) is 0 Å². The highest BCUT2D eigenvalue weighted by Crippen LogP contribution is 2.38. The van der Waals surface area contributed by atoms with Gasteiger partial charge >= 0.3 is 6.09 Å². The first-order valence-corrected chi connectivity index (χ1v) is 11.2. The van der Waals surface area contributed by atoms with Gasteiger partial charge in [0, 0.05) is 32.2 Å². The summed E-state index contributed by atoms with van der Waals surface area (Å²) in [5.74, 6) is 1.78. The zero-order chi connectivity index (χ0) is 18.6. The predicted octanol–water partition coefficient (Wildman–Crippen LogP) is 5.07. The highest BCUT2D eigenvalue weighted by molar-refractivity contribution is 5.68. The quantitative estimate of drug-likeness (QED) is 0.701. The van der Waals surface area contributed by atoms with Gasteiger partial charge in [0.15, 0.2) is 0 Å². The molecule has 3 rings (SSSR count). The van der Waals surface area contributed by atoms with Crippen LogP contribution in [0.25, 0.3) is 0 Å². The molecule has 0 aromatic carbocycles. The highest BCUT2D eigenvalue weighted by atomic mass is 16.6. The molecule has 4 heteroatoms. The van der Waals surface area contributed by atoms with E-state index in [0.717, 1.165) is 44.1 Å². The fourth-order valence-electron chi connectivity index (χ4n) is 5.46.